The van der Waals surface area contributed by atoms with Crippen molar-refractivity contribution in [1.82, 2.24) is 9.71 Å². The van der Waals surface area contributed by atoms with Gasteiger partial charge in [-0.2, -0.15) is 0 Å². The second kappa shape index (κ2) is 7.25. The van der Waals surface area contributed by atoms with E-state index in [2.05, 4.69) is 65.2 Å². The van der Waals surface area contributed by atoms with E-state index in [1.807, 2.05) is 24.4 Å². The van der Waals surface area contributed by atoms with Crippen molar-refractivity contribution >= 4 is 11.9 Å². The van der Waals surface area contributed by atoms with Gasteiger partial charge in [0.15, 0.2) is 0 Å². The minimum absolute atomic E-state index is 0.806. The van der Waals surface area contributed by atoms with Crippen LogP contribution in [-0.2, 0) is 6.54 Å². The first-order valence-corrected chi connectivity index (χ1v) is 8.10. The molecule has 0 bridgehead atoms. The summed E-state index contributed by atoms with van der Waals surface area (Å²) in [6.45, 7) is 2.91. The maximum atomic E-state index is 4.45. The number of nitrogens with zero attached hydrogens (tertiary/aromatic N) is 1. The number of aromatic nitrogens is 1. The van der Waals surface area contributed by atoms with Gasteiger partial charge in [-0.25, -0.2) is 0 Å². The number of rotatable bonds is 5. The Bertz CT molecular complexity index is 724. The predicted octanol–water partition coefficient (Wildman–Crippen LogP) is 4.85. The van der Waals surface area contributed by atoms with E-state index in [0.29, 0.717) is 0 Å². The fraction of sp³-hybridized carbons (Fsp3) is 0.105. The van der Waals surface area contributed by atoms with Crippen molar-refractivity contribution in [2.24, 2.45) is 0 Å². The summed E-state index contributed by atoms with van der Waals surface area (Å²) in [5.41, 5.74) is 4.68. The van der Waals surface area contributed by atoms with Gasteiger partial charge in [0.2, 0.25) is 0 Å². The topological polar surface area (TPSA) is 24.9 Å². The highest BCUT2D eigenvalue weighted by Gasteiger charge is 2.01. The monoisotopic (exact) mass is 306 g/mol. The number of benzene rings is 2. The molecule has 0 aliphatic rings. The summed E-state index contributed by atoms with van der Waals surface area (Å²) in [6, 6.07) is 23.0. The minimum atomic E-state index is 0.806. The fourth-order valence-corrected chi connectivity index (χ4v) is 2.84. The Kier molecular flexibility index (Phi) is 4.88. The van der Waals surface area contributed by atoms with Gasteiger partial charge in [0.1, 0.15) is 0 Å². The van der Waals surface area contributed by atoms with Crippen LogP contribution in [0.15, 0.2) is 77.8 Å². The number of nitrogens with one attached hydrogen (secondary N) is 1. The van der Waals surface area contributed by atoms with Crippen molar-refractivity contribution in [3.63, 3.8) is 0 Å². The number of hydrogen-bond acceptors (Lipinski definition) is 3. The van der Waals surface area contributed by atoms with Gasteiger partial charge >= 0.3 is 0 Å². The molecular formula is C19H18N2S. The molecule has 0 spiro atoms. The van der Waals surface area contributed by atoms with Gasteiger partial charge in [0.25, 0.3) is 0 Å². The quantitative estimate of drug-likeness (QED) is 0.682. The van der Waals surface area contributed by atoms with Gasteiger partial charge in [-0.3, -0.25) is 9.71 Å². The third-order valence-electron chi connectivity index (χ3n) is 3.38. The highest BCUT2D eigenvalue weighted by Crippen LogP contribution is 2.19. The van der Waals surface area contributed by atoms with E-state index in [1.165, 1.54) is 16.0 Å². The van der Waals surface area contributed by atoms with Crippen LogP contribution in [-0.4, -0.2) is 4.98 Å². The molecule has 0 radical (unpaired) electrons. The number of hydrogen-bond donors (Lipinski definition) is 1. The first-order valence-electron chi connectivity index (χ1n) is 7.28. The molecular weight excluding hydrogens is 288 g/mol. The Hall–Kier alpha value is -2.10. The second-order valence-corrected chi connectivity index (χ2v) is 6.12. The molecule has 0 amide bonds. The largest absolute Gasteiger partial charge is 0.256 e. The molecule has 22 heavy (non-hydrogen) atoms. The van der Waals surface area contributed by atoms with Gasteiger partial charge in [-0.1, -0.05) is 48.0 Å². The molecule has 1 aromatic heterocycles. The normalized spacial score (nSPS) is 10.6. The minimum Gasteiger partial charge on any atom is -0.256 e. The Balaban J connectivity index is 1.62. The van der Waals surface area contributed by atoms with Gasteiger partial charge in [-0.15, -0.1) is 0 Å². The van der Waals surface area contributed by atoms with Crippen LogP contribution in [0.3, 0.4) is 0 Å². The Morgan fingerprint density at radius 1 is 0.955 bits per heavy atom. The molecule has 0 aliphatic carbocycles. The highest BCUT2D eigenvalue weighted by atomic mass is 32.2. The summed E-state index contributed by atoms with van der Waals surface area (Å²) in [4.78, 5) is 5.68. The van der Waals surface area contributed by atoms with Crippen molar-refractivity contribution < 1.29 is 0 Å². The molecule has 2 aromatic carbocycles. The summed E-state index contributed by atoms with van der Waals surface area (Å²) in [7, 11) is 0. The van der Waals surface area contributed by atoms with E-state index in [9.17, 15) is 0 Å². The van der Waals surface area contributed by atoms with Crippen LogP contribution >= 0.6 is 11.9 Å². The smallest absolute Gasteiger partial charge is 0.0705 e. The van der Waals surface area contributed by atoms with E-state index in [-0.39, 0.29) is 0 Å². The molecule has 3 aromatic rings. The third-order valence-corrected chi connectivity index (χ3v) is 4.18. The molecule has 2 nitrogen and oxygen atoms in total. The van der Waals surface area contributed by atoms with Gasteiger partial charge in [0.05, 0.1) is 5.69 Å². The third kappa shape index (κ3) is 3.97. The number of pyridine rings is 1. The summed E-state index contributed by atoms with van der Waals surface area (Å²) in [6.07, 6.45) is 1.87. The lowest BCUT2D eigenvalue weighted by Crippen LogP contribution is -2.03. The summed E-state index contributed by atoms with van der Waals surface area (Å²) >= 11 is 1.66. The van der Waals surface area contributed by atoms with E-state index >= 15 is 0 Å². The lowest BCUT2D eigenvalue weighted by molar-refractivity contribution is 0.970. The van der Waals surface area contributed by atoms with Gasteiger partial charge in [0, 0.05) is 23.2 Å². The Morgan fingerprint density at radius 3 is 2.50 bits per heavy atom. The molecule has 1 heterocycles. The molecule has 3 heteroatoms. The maximum Gasteiger partial charge on any atom is 0.0705 e. The first kappa shape index (κ1) is 14.8. The van der Waals surface area contributed by atoms with Crippen LogP contribution in [0.2, 0.25) is 0 Å². The molecule has 1 N–H and O–H groups in total. The van der Waals surface area contributed by atoms with E-state index < -0.39 is 0 Å². The molecule has 3 rings (SSSR count). The van der Waals surface area contributed by atoms with Crippen molar-refractivity contribution in [2.75, 3.05) is 0 Å². The predicted molar refractivity (Wildman–Crippen MR) is 93.5 cm³/mol. The van der Waals surface area contributed by atoms with Crippen molar-refractivity contribution in [3.8, 4) is 11.3 Å². The standard InChI is InChI=1S/C19H18N2S/c1-15-7-9-18(10-8-15)22-21-14-16-11-12-20-19(13-16)17-5-3-2-4-6-17/h2-13,21H,14H2,1H3. The van der Waals surface area contributed by atoms with E-state index in [4.69, 9.17) is 0 Å². The lowest BCUT2D eigenvalue weighted by atomic mass is 10.1. The average Bonchev–Trinajstić information content (AvgIpc) is 2.58. The van der Waals surface area contributed by atoms with E-state index in [0.717, 1.165) is 17.8 Å². The Morgan fingerprint density at radius 2 is 1.73 bits per heavy atom. The molecule has 0 saturated heterocycles. The van der Waals surface area contributed by atoms with Crippen molar-refractivity contribution in [3.05, 3.63) is 84.1 Å². The lowest BCUT2D eigenvalue weighted by Gasteiger charge is -2.07. The van der Waals surface area contributed by atoms with Crippen LogP contribution in [0, 0.1) is 6.92 Å². The molecule has 0 atom stereocenters. The summed E-state index contributed by atoms with van der Waals surface area (Å²) < 4.78 is 3.41. The van der Waals surface area contributed by atoms with Gasteiger partial charge < -0.3 is 0 Å². The molecule has 0 fully saturated rings. The summed E-state index contributed by atoms with van der Waals surface area (Å²) in [5.74, 6) is 0. The SMILES string of the molecule is Cc1ccc(SNCc2ccnc(-c3ccccc3)c2)cc1. The zero-order valence-corrected chi connectivity index (χ0v) is 13.3. The van der Waals surface area contributed by atoms with Crippen LogP contribution in [0.5, 0.6) is 0 Å². The van der Waals surface area contributed by atoms with Crippen LogP contribution in [0.25, 0.3) is 11.3 Å². The zero-order valence-electron chi connectivity index (χ0n) is 12.5. The zero-order chi connectivity index (χ0) is 15.2. The molecule has 0 saturated carbocycles. The number of aryl methyl sites for hydroxylation is 1. The average molecular weight is 306 g/mol. The molecule has 0 aliphatic heterocycles. The fourth-order valence-electron chi connectivity index (χ4n) is 2.16. The van der Waals surface area contributed by atoms with Gasteiger partial charge in [-0.05, 0) is 48.7 Å². The molecule has 110 valence electrons. The second-order valence-electron chi connectivity index (χ2n) is 5.15. The maximum absolute atomic E-state index is 4.45. The van der Waals surface area contributed by atoms with Crippen LogP contribution in [0.4, 0.5) is 0 Å². The van der Waals surface area contributed by atoms with Crippen molar-refractivity contribution in [1.29, 1.82) is 0 Å². The van der Waals surface area contributed by atoms with Crippen LogP contribution in [0.1, 0.15) is 11.1 Å². The van der Waals surface area contributed by atoms with E-state index in [1.54, 1.807) is 11.9 Å². The highest BCUT2D eigenvalue weighted by molar-refractivity contribution is 7.97. The Labute approximate surface area is 135 Å². The molecule has 0 unspecified atom stereocenters. The van der Waals surface area contributed by atoms with Crippen LogP contribution < -0.4 is 4.72 Å². The van der Waals surface area contributed by atoms with Crippen molar-refractivity contribution in [2.45, 2.75) is 18.4 Å². The summed E-state index contributed by atoms with van der Waals surface area (Å²) in [5, 5.41) is 0. The first-order chi connectivity index (χ1) is 10.8.